The summed E-state index contributed by atoms with van der Waals surface area (Å²) in [5.41, 5.74) is 6.55. The predicted octanol–water partition coefficient (Wildman–Crippen LogP) is 6.20. The Morgan fingerprint density at radius 2 is 1.74 bits per heavy atom. The van der Waals surface area contributed by atoms with Crippen LogP contribution in [0.4, 0.5) is 17.2 Å². The Hall–Kier alpha value is -4.23. The Morgan fingerprint density at radius 1 is 0.974 bits per heavy atom. The number of amides is 1. The first-order valence-corrected chi connectivity index (χ1v) is 13.5. The van der Waals surface area contributed by atoms with Crippen LogP contribution in [0, 0.1) is 6.92 Å². The number of carbonyl (C=O) groups excluding carboxylic acids is 1. The maximum atomic E-state index is 13.3. The van der Waals surface area contributed by atoms with E-state index >= 15 is 0 Å². The summed E-state index contributed by atoms with van der Waals surface area (Å²) in [6.07, 6.45) is 4.70. The average molecular weight is 524 g/mol. The molecule has 1 heterocycles. The number of rotatable bonds is 11. The van der Waals surface area contributed by atoms with Gasteiger partial charge in [0.25, 0.3) is 11.5 Å². The van der Waals surface area contributed by atoms with E-state index in [4.69, 9.17) is 0 Å². The molecular formula is C32H37N5O2. The van der Waals surface area contributed by atoms with Crippen LogP contribution < -0.4 is 21.5 Å². The van der Waals surface area contributed by atoms with Gasteiger partial charge in [-0.05, 0) is 67.3 Å². The van der Waals surface area contributed by atoms with Gasteiger partial charge in [-0.1, -0.05) is 62.7 Å². The molecule has 1 amide bonds. The molecule has 0 radical (unpaired) electrons. The third-order valence-electron chi connectivity index (χ3n) is 6.79. The number of benzene rings is 3. The maximum absolute atomic E-state index is 13.3. The second-order valence-corrected chi connectivity index (χ2v) is 9.69. The monoisotopic (exact) mass is 523 g/mol. The molecule has 0 aliphatic heterocycles. The molecule has 4 rings (SSSR count). The number of hydrogen-bond acceptors (Lipinski definition) is 5. The smallest absolute Gasteiger partial charge is 0.293 e. The van der Waals surface area contributed by atoms with Gasteiger partial charge >= 0.3 is 0 Å². The minimum Gasteiger partial charge on any atom is -0.336 e. The van der Waals surface area contributed by atoms with Crippen LogP contribution in [0.2, 0.25) is 0 Å². The molecule has 0 bridgehead atoms. The highest BCUT2D eigenvalue weighted by molar-refractivity contribution is 6.06. The topological polar surface area (TPSA) is 88.0 Å². The Bertz CT molecular complexity index is 1490. The van der Waals surface area contributed by atoms with Crippen molar-refractivity contribution in [1.82, 2.24) is 14.9 Å². The molecule has 7 heteroatoms. The number of aromatic nitrogens is 2. The van der Waals surface area contributed by atoms with Gasteiger partial charge in [0, 0.05) is 42.3 Å². The third-order valence-corrected chi connectivity index (χ3v) is 6.79. The van der Waals surface area contributed by atoms with Gasteiger partial charge in [-0.25, -0.2) is 4.98 Å². The Morgan fingerprint density at radius 3 is 2.49 bits per heavy atom. The fraction of sp³-hybridized carbons (Fsp3) is 0.281. The molecule has 3 N–H and O–H groups in total. The zero-order valence-corrected chi connectivity index (χ0v) is 23.2. The largest absolute Gasteiger partial charge is 0.336 e. The highest BCUT2D eigenvalue weighted by Crippen LogP contribution is 2.28. The number of unbranched alkanes of at least 4 members (excludes halogenated alkanes) is 1. The highest BCUT2D eigenvalue weighted by atomic mass is 16.1. The molecule has 3 aromatic carbocycles. The zero-order valence-electron chi connectivity index (χ0n) is 23.2. The number of nitrogens with zero attached hydrogens (tertiary/aromatic N) is 2. The molecule has 4 aromatic rings. The van der Waals surface area contributed by atoms with Gasteiger partial charge in [-0.15, -0.1) is 0 Å². The minimum absolute atomic E-state index is 0.129. The zero-order chi connectivity index (χ0) is 27.8. The van der Waals surface area contributed by atoms with Crippen LogP contribution in [-0.2, 0) is 20.0 Å². The van der Waals surface area contributed by atoms with Crippen LogP contribution in [0.15, 0.2) is 77.7 Å². The SMILES string of the molecule is CCCCc1ccccc1C(=O)Nc1cccc(-c2cn(C)c(=O)c(Nc3ccc(CNCC)cc3)n2)c1C. The lowest BCUT2D eigenvalue weighted by Gasteiger charge is -2.15. The van der Waals surface area contributed by atoms with E-state index in [9.17, 15) is 9.59 Å². The molecule has 0 saturated heterocycles. The van der Waals surface area contributed by atoms with E-state index in [2.05, 4.69) is 34.8 Å². The van der Waals surface area contributed by atoms with Crippen molar-refractivity contribution in [2.75, 3.05) is 17.2 Å². The fourth-order valence-corrected chi connectivity index (χ4v) is 4.49. The van der Waals surface area contributed by atoms with Crippen molar-refractivity contribution in [1.29, 1.82) is 0 Å². The second-order valence-electron chi connectivity index (χ2n) is 9.69. The minimum atomic E-state index is -0.221. The number of anilines is 3. The van der Waals surface area contributed by atoms with Crippen LogP contribution in [0.25, 0.3) is 11.3 Å². The number of nitrogens with one attached hydrogen (secondary N) is 3. The van der Waals surface area contributed by atoms with Gasteiger partial charge in [-0.3, -0.25) is 9.59 Å². The molecule has 0 saturated carbocycles. The predicted molar refractivity (Wildman–Crippen MR) is 160 cm³/mol. The first-order valence-electron chi connectivity index (χ1n) is 13.5. The summed E-state index contributed by atoms with van der Waals surface area (Å²) in [5.74, 6) is 0.114. The van der Waals surface area contributed by atoms with Crippen LogP contribution >= 0.6 is 0 Å². The van der Waals surface area contributed by atoms with Crippen molar-refractivity contribution < 1.29 is 4.79 Å². The van der Waals surface area contributed by atoms with Crippen molar-refractivity contribution in [3.63, 3.8) is 0 Å². The summed E-state index contributed by atoms with van der Waals surface area (Å²) in [7, 11) is 1.71. The summed E-state index contributed by atoms with van der Waals surface area (Å²) < 4.78 is 1.53. The second kappa shape index (κ2) is 13.0. The van der Waals surface area contributed by atoms with Gasteiger partial charge in [-0.2, -0.15) is 0 Å². The van der Waals surface area contributed by atoms with E-state index < -0.39 is 0 Å². The molecule has 0 aliphatic rings. The van der Waals surface area contributed by atoms with Crippen molar-refractivity contribution in [2.24, 2.45) is 7.05 Å². The molecule has 7 nitrogen and oxygen atoms in total. The third kappa shape index (κ3) is 6.81. The van der Waals surface area contributed by atoms with E-state index in [1.165, 1.54) is 10.1 Å². The molecule has 0 unspecified atom stereocenters. The van der Waals surface area contributed by atoms with Crippen molar-refractivity contribution in [2.45, 2.75) is 46.6 Å². The Labute approximate surface area is 230 Å². The first-order chi connectivity index (χ1) is 18.9. The first kappa shape index (κ1) is 27.8. The Kier molecular flexibility index (Phi) is 9.28. The number of carbonyl (C=O) groups is 1. The van der Waals surface area contributed by atoms with E-state index in [-0.39, 0.29) is 17.3 Å². The molecular weight excluding hydrogens is 486 g/mol. The van der Waals surface area contributed by atoms with Crippen LogP contribution in [-0.4, -0.2) is 22.0 Å². The van der Waals surface area contributed by atoms with E-state index in [0.717, 1.165) is 54.7 Å². The molecule has 1 aromatic heterocycles. The quantitative estimate of drug-likeness (QED) is 0.218. The van der Waals surface area contributed by atoms with Gasteiger partial charge in [0.15, 0.2) is 5.82 Å². The van der Waals surface area contributed by atoms with Crippen LogP contribution in [0.3, 0.4) is 0 Å². The molecule has 39 heavy (non-hydrogen) atoms. The molecule has 0 aliphatic carbocycles. The van der Waals surface area contributed by atoms with Crippen molar-refractivity contribution in [3.05, 3.63) is 106 Å². The maximum Gasteiger partial charge on any atom is 0.293 e. The van der Waals surface area contributed by atoms with Crippen molar-refractivity contribution in [3.8, 4) is 11.3 Å². The molecule has 0 fully saturated rings. The molecule has 202 valence electrons. The standard InChI is InChI=1S/C32H37N5O2/c1-5-7-11-24-12-8-9-13-27(24)31(38)36-28-15-10-14-26(22(28)3)29-21-37(4)32(39)30(35-29)34-25-18-16-23(17-19-25)20-33-6-2/h8-10,12-19,21,33H,5-7,11,20H2,1-4H3,(H,34,35)(H,36,38). The fourth-order valence-electron chi connectivity index (χ4n) is 4.49. The van der Waals surface area contributed by atoms with E-state index in [1.807, 2.05) is 73.7 Å². The molecule has 0 spiro atoms. The van der Waals surface area contributed by atoms with Gasteiger partial charge in [0.05, 0.1) is 5.69 Å². The van der Waals surface area contributed by atoms with Crippen LogP contribution in [0.5, 0.6) is 0 Å². The lowest BCUT2D eigenvalue weighted by atomic mass is 10.0. The van der Waals surface area contributed by atoms with Gasteiger partial charge < -0.3 is 20.5 Å². The normalized spacial score (nSPS) is 10.9. The Balaban J connectivity index is 1.60. The van der Waals surface area contributed by atoms with Gasteiger partial charge in [0.1, 0.15) is 0 Å². The average Bonchev–Trinajstić information content (AvgIpc) is 2.95. The lowest BCUT2D eigenvalue weighted by Crippen LogP contribution is -2.21. The van der Waals surface area contributed by atoms with E-state index in [1.54, 1.807) is 13.2 Å². The lowest BCUT2D eigenvalue weighted by molar-refractivity contribution is 0.102. The van der Waals surface area contributed by atoms with Crippen LogP contribution in [0.1, 0.15) is 53.7 Å². The summed E-state index contributed by atoms with van der Waals surface area (Å²) >= 11 is 0. The highest BCUT2D eigenvalue weighted by Gasteiger charge is 2.16. The van der Waals surface area contributed by atoms with Gasteiger partial charge in [0.2, 0.25) is 0 Å². The summed E-state index contributed by atoms with van der Waals surface area (Å²) in [6, 6.07) is 21.4. The summed E-state index contributed by atoms with van der Waals surface area (Å²) in [6.45, 7) is 7.88. The van der Waals surface area contributed by atoms with Crippen molar-refractivity contribution >= 4 is 23.1 Å². The van der Waals surface area contributed by atoms with E-state index in [0.29, 0.717) is 16.9 Å². The summed E-state index contributed by atoms with van der Waals surface area (Å²) in [4.78, 5) is 30.8. The number of aryl methyl sites for hydroxylation is 2. The summed E-state index contributed by atoms with van der Waals surface area (Å²) in [5, 5.41) is 9.59. The number of hydrogen-bond donors (Lipinski definition) is 3. The molecule has 0 atom stereocenters.